The van der Waals surface area contributed by atoms with Crippen molar-refractivity contribution in [1.29, 1.82) is 0 Å². The molecule has 0 fully saturated rings. The van der Waals surface area contributed by atoms with Gasteiger partial charge in [-0.3, -0.25) is 9.59 Å². The number of allylic oxidation sites excluding steroid dienone is 1. The van der Waals surface area contributed by atoms with Crippen LogP contribution in [0.5, 0.6) is 0 Å². The van der Waals surface area contributed by atoms with Gasteiger partial charge < -0.3 is 19.7 Å². The number of cyclic esters (lactones) is 1. The van der Waals surface area contributed by atoms with Crippen molar-refractivity contribution in [3.63, 3.8) is 0 Å². The van der Waals surface area contributed by atoms with Gasteiger partial charge in [0, 0.05) is 23.6 Å². The van der Waals surface area contributed by atoms with E-state index in [1.165, 1.54) is 23.5 Å². The number of thiazole rings is 1. The van der Waals surface area contributed by atoms with E-state index in [0.717, 1.165) is 5.01 Å². The van der Waals surface area contributed by atoms with E-state index in [-0.39, 0.29) is 26.1 Å². The average molecular weight is 524 g/mol. The molecule has 0 saturated carbocycles. The highest BCUT2D eigenvalue weighted by molar-refractivity contribution is 7.09. The van der Waals surface area contributed by atoms with Crippen LogP contribution in [0, 0.1) is 24.2 Å². The molecule has 2 N–H and O–H groups in total. The van der Waals surface area contributed by atoms with Gasteiger partial charge in [0.2, 0.25) is 0 Å². The highest BCUT2D eigenvalue weighted by Gasteiger charge is 2.43. The van der Waals surface area contributed by atoms with E-state index in [9.17, 15) is 24.2 Å². The molecule has 0 radical (unpaired) electrons. The zero-order chi connectivity index (χ0) is 27.0. The minimum absolute atomic E-state index is 0.0346. The molecule has 1 aromatic heterocycles. The lowest BCUT2D eigenvalue weighted by atomic mass is 9.72. The predicted octanol–water partition coefficient (Wildman–Crippen LogP) is 4.58. The van der Waals surface area contributed by atoms with Crippen molar-refractivity contribution in [1.82, 2.24) is 4.98 Å². The number of Topliss-reactive ketones (excluding diaryl/α,β-unsaturated/α-hetero) is 1. The van der Waals surface area contributed by atoms with Crippen molar-refractivity contribution in [2.75, 3.05) is 13.2 Å². The van der Waals surface area contributed by atoms with E-state index < -0.39 is 59.6 Å². The van der Waals surface area contributed by atoms with Gasteiger partial charge in [-0.2, -0.15) is 0 Å². The monoisotopic (exact) mass is 523 g/mol. The molecule has 0 aromatic carbocycles. The minimum atomic E-state index is -1.35. The van der Waals surface area contributed by atoms with E-state index in [1.807, 2.05) is 12.3 Å². The second-order valence-electron chi connectivity index (χ2n) is 9.96. The number of aromatic nitrogens is 1. The lowest BCUT2D eigenvalue weighted by molar-refractivity contribution is -0.154. The van der Waals surface area contributed by atoms with Gasteiger partial charge in [-0.1, -0.05) is 26.8 Å². The van der Waals surface area contributed by atoms with E-state index >= 15 is 0 Å². The molecule has 1 aliphatic rings. The topological polar surface area (TPSA) is 106 Å². The maximum absolute atomic E-state index is 14.5. The summed E-state index contributed by atoms with van der Waals surface area (Å²) < 4.78 is 25.6. The summed E-state index contributed by atoms with van der Waals surface area (Å²) in [5.41, 5.74) is 0.0291. The lowest BCUT2D eigenvalue weighted by Crippen LogP contribution is -2.47. The number of aliphatic hydroxyl groups excluding tert-OH is 2. The Morgan fingerprint density at radius 1 is 1.36 bits per heavy atom. The maximum atomic E-state index is 14.5. The summed E-state index contributed by atoms with van der Waals surface area (Å²) >= 11 is 1.48. The number of hydrogen-bond acceptors (Lipinski definition) is 8. The number of carbonyl (C=O) groups is 2. The number of aliphatic hydroxyl groups is 2. The van der Waals surface area contributed by atoms with Gasteiger partial charge in [-0.05, 0) is 38.0 Å². The van der Waals surface area contributed by atoms with Gasteiger partial charge in [0.1, 0.15) is 17.7 Å². The van der Waals surface area contributed by atoms with Gasteiger partial charge >= 0.3 is 5.97 Å². The summed E-state index contributed by atoms with van der Waals surface area (Å²) in [7, 11) is 0. The number of hydrogen-bond donors (Lipinski definition) is 2. The van der Waals surface area contributed by atoms with E-state index in [2.05, 4.69) is 11.6 Å². The first-order chi connectivity index (χ1) is 16.9. The largest absolute Gasteiger partial charge is 0.457 e. The molecular weight excluding hydrogens is 485 g/mol. The zero-order valence-corrected chi connectivity index (χ0v) is 22.5. The predicted molar refractivity (Wildman–Crippen MR) is 138 cm³/mol. The van der Waals surface area contributed by atoms with Crippen molar-refractivity contribution in [2.45, 2.75) is 72.2 Å². The van der Waals surface area contributed by atoms with Crippen LogP contribution in [0.4, 0.5) is 4.39 Å². The number of nitrogens with zero attached hydrogens (tertiary/aromatic N) is 1. The number of aryl methyl sites for hydroxylation is 1. The molecule has 2 rings (SSSR count). The Kier molecular flexibility index (Phi) is 11.2. The number of halogens is 1. The molecule has 1 aromatic rings. The summed E-state index contributed by atoms with van der Waals surface area (Å²) in [5.74, 6) is -3.00. The standard InChI is InChI=1S/C27H38FNO6S/c1-7-8-21-25(32)17(3)13-34-14-19(28)9-10-22(16(2)11-20-15-36-18(4)29-20)35-24(31)12-23(30)27(5,6)26(21)33/h7,9,11,15,17,21-23,25,30,32H,1,8,10,12-14H2,2-6H3/b16-11+,19-9+/t17-,21+,22-,23-,25-/m0/s1. The quantitative estimate of drug-likeness (QED) is 0.440. The molecule has 2 heterocycles. The Balaban J connectivity index is 2.37. The van der Waals surface area contributed by atoms with Crippen LogP contribution >= 0.6 is 11.3 Å². The van der Waals surface area contributed by atoms with Crippen LogP contribution < -0.4 is 0 Å². The molecule has 0 aliphatic carbocycles. The highest BCUT2D eigenvalue weighted by Crippen LogP contribution is 2.33. The fourth-order valence-electron chi connectivity index (χ4n) is 4.07. The Morgan fingerprint density at radius 3 is 2.67 bits per heavy atom. The van der Waals surface area contributed by atoms with Crippen LogP contribution in [-0.2, 0) is 19.1 Å². The molecule has 0 unspecified atom stereocenters. The summed E-state index contributed by atoms with van der Waals surface area (Å²) in [5, 5.41) is 24.5. The second kappa shape index (κ2) is 13.4. The molecule has 1 aliphatic heterocycles. The Morgan fingerprint density at radius 2 is 2.06 bits per heavy atom. The van der Waals surface area contributed by atoms with Crippen LogP contribution in [0.2, 0.25) is 0 Å². The van der Waals surface area contributed by atoms with Gasteiger partial charge in [0.25, 0.3) is 0 Å². The van der Waals surface area contributed by atoms with Crippen molar-refractivity contribution >= 4 is 29.2 Å². The number of rotatable bonds is 4. The van der Waals surface area contributed by atoms with Crippen molar-refractivity contribution in [3.8, 4) is 0 Å². The first kappa shape index (κ1) is 30.0. The van der Waals surface area contributed by atoms with Crippen LogP contribution in [0.1, 0.15) is 57.7 Å². The summed E-state index contributed by atoms with van der Waals surface area (Å²) in [6.45, 7) is 11.9. The fourth-order valence-corrected chi connectivity index (χ4v) is 4.64. The van der Waals surface area contributed by atoms with E-state index in [0.29, 0.717) is 11.3 Å². The third-order valence-corrected chi connectivity index (χ3v) is 7.34. The second-order valence-corrected chi connectivity index (χ2v) is 11.0. The molecule has 7 nitrogen and oxygen atoms in total. The molecular formula is C27H38FNO6S. The first-order valence-electron chi connectivity index (χ1n) is 12.1. The van der Waals surface area contributed by atoms with Gasteiger partial charge in [-0.15, -0.1) is 17.9 Å². The summed E-state index contributed by atoms with van der Waals surface area (Å²) in [6, 6.07) is 0. The van der Waals surface area contributed by atoms with E-state index in [4.69, 9.17) is 9.47 Å². The molecule has 0 saturated heterocycles. The van der Waals surface area contributed by atoms with Crippen LogP contribution in [0.3, 0.4) is 0 Å². The third kappa shape index (κ3) is 8.16. The van der Waals surface area contributed by atoms with Gasteiger partial charge in [-0.25, -0.2) is 9.37 Å². The van der Waals surface area contributed by atoms with Gasteiger partial charge in [0.05, 0.1) is 48.0 Å². The lowest BCUT2D eigenvalue weighted by Gasteiger charge is -2.35. The third-order valence-electron chi connectivity index (χ3n) is 6.55. The minimum Gasteiger partial charge on any atom is -0.457 e. The zero-order valence-electron chi connectivity index (χ0n) is 21.7. The summed E-state index contributed by atoms with van der Waals surface area (Å²) in [6.07, 6.45) is 1.17. The van der Waals surface area contributed by atoms with Crippen molar-refractivity contribution in [3.05, 3.63) is 46.2 Å². The molecule has 36 heavy (non-hydrogen) atoms. The average Bonchev–Trinajstić information content (AvgIpc) is 3.22. The smallest absolute Gasteiger partial charge is 0.309 e. The Labute approximate surface area is 216 Å². The number of carbonyl (C=O) groups excluding carboxylic acids is 2. The fraction of sp³-hybridized carbons (Fsp3) is 0.593. The number of ether oxygens (including phenoxy) is 2. The first-order valence-corrected chi connectivity index (χ1v) is 13.0. The highest BCUT2D eigenvalue weighted by atomic mass is 32.1. The molecule has 9 heteroatoms. The van der Waals surface area contributed by atoms with Crippen molar-refractivity contribution < 1.29 is 33.7 Å². The molecule has 0 amide bonds. The molecule has 5 atom stereocenters. The molecule has 0 spiro atoms. The van der Waals surface area contributed by atoms with Crippen molar-refractivity contribution in [2.24, 2.45) is 17.3 Å². The molecule has 200 valence electrons. The Bertz CT molecular complexity index is 985. The van der Waals surface area contributed by atoms with Gasteiger partial charge in [0.15, 0.2) is 0 Å². The number of esters is 1. The van der Waals surface area contributed by atoms with Crippen LogP contribution in [-0.4, -0.2) is 58.5 Å². The number of ketones is 1. The maximum Gasteiger partial charge on any atom is 0.309 e. The SMILES string of the molecule is C=CC[C@H]1C(=O)C(C)(C)[C@@H](O)CC(=O)O[C@H](/C(C)=C/c2csc(C)n2)C/C=C(/F)COC[C@H](C)[C@@H]1O. The van der Waals surface area contributed by atoms with Crippen LogP contribution in [0.25, 0.3) is 6.08 Å². The Hall–Kier alpha value is -2.20. The van der Waals surface area contributed by atoms with E-state index in [1.54, 1.807) is 33.8 Å². The normalized spacial score (nSPS) is 30.8. The van der Waals surface area contributed by atoms with Crippen LogP contribution in [0.15, 0.2) is 35.5 Å². The summed E-state index contributed by atoms with van der Waals surface area (Å²) in [4.78, 5) is 30.6. The molecule has 0 bridgehead atoms.